The molecule has 1 aromatic carbocycles. The van der Waals surface area contributed by atoms with Crippen molar-refractivity contribution in [1.29, 1.82) is 0 Å². The van der Waals surface area contributed by atoms with Crippen molar-refractivity contribution in [2.24, 2.45) is 0 Å². The summed E-state index contributed by atoms with van der Waals surface area (Å²) in [7, 11) is 1.74. The number of carboxylic acids is 1. The third-order valence-corrected chi connectivity index (χ3v) is 3.83. The molecule has 0 saturated carbocycles. The Balaban J connectivity index is 1.94. The molecule has 2 aromatic rings. The van der Waals surface area contributed by atoms with Crippen LogP contribution >= 0.6 is 0 Å². The zero-order valence-corrected chi connectivity index (χ0v) is 13.1. The molecule has 2 heterocycles. The quantitative estimate of drug-likeness (QED) is 0.881. The second-order valence-corrected chi connectivity index (χ2v) is 5.62. The monoisotopic (exact) mass is 316 g/mol. The van der Waals surface area contributed by atoms with Gasteiger partial charge in [-0.3, -0.25) is 9.69 Å². The molecular weight excluding hydrogens is 296 g/mol. The van der Waals surface area contributed by atoms with Gasteiger partial charge in [0.15, 0.2) is 0 Å². The predicted molar refractivity (Wildman–Crippen MR) is 86.5 cm³/mol. The molecule has 0 radical (unpaired) electrons. The zero-order chi connectivity index (χ0) is 16.2. The maximum Gasteiger partial charge on any atom is 0.323 e. The van der Waals surface area contributed by atoms with E-state index in [9.17, 15) is 4.79 Å². The second-order valence-electron chi connectivity index (χ2n) is 5.62. The Morgan fingerprint density at radius 3 is 2.78 bits per heavy atom. The number of rotatable bonds is 5. The van der Waals surface area contributed by atoms with E-state index in [4.69, 9.17) is 9.84 Å². The molecule has 1 aliphatic heterocycles. The second kappa shape index (κ2) is 6.89. The Bertz CT molecular complexity index is 701. The maximum absolute atomic E-state index is 11.0. The highest BCUT2D eigenvalue weighted by molar-refractivity contribution is 5.90. The van der Waals surface area contributed by atoms with Crippen LogP contribution in [0.3, 0.4) is 0 Å². The van der Waals surface area contributed by atoms with Gasteiger partial charge in [0.05, 0.1) is 25.3 Å². The first-order valence-corrected chi connectivity index (χ1v) is 7.62. The lowest BCUT2D eigenvalue weighted by molar-refractivity contribution is -0.135. The molecule has 1 aliphatic rings. The molecule has 0 spiro atoms. The molecule has 23 heavy (non-hydrogen) atoms. The highest BCUT2D eigenvalue weighted by Crippen LogP contribution is 2.23. The molecule has 0 atom stereocenters. The predicted octanol–water partition coefficient (Wildman–Crippen LogP) is 0.983. The molecular formula is C16H20N4O3. The number of aliphatic carboxylic acids is 1. The highest BCUT2D eigenvalue weighted by Gasteiger charge is 2.16. The number of hydrogen-bond acceptors (Lipinski definition) is 6. The SMILES string of the molecule is CN(CC(=O)O)c1nc(CN2CCOCC2)nc2ccccc12. The summed E-state index contributed by atoms with van der Waals surface area (Å²) in [5, 5.41) is 9.90. The Morgan fingerprint density at radius 2 is 2.04 bits per heavy atom. The van der Waals surface area contributed by atoms with E-state index in [0.717, 1.165) is 37.2 Å². The average Bonchev–Trinajstić information content (AvgIpc) is 2.54. The van der Waals surface area contributed by atoms with Crippen molar-refractivity contribution in [2.45, 2.75) is 6.54 Å². The van der Waals surface area contributed by atoms with Crippen LogP contribution in [0.4, 0.5) is 5.82 Å². The normalized spacial score (nSPS) is 15.7. The number of aromatic nitrogens is 2. The standard InChI is InChI=1S/C16H20N4O3/c1-19(11-15(21)22)16-12-4-2-3-5-13(12)17-14(18-16)10-20-6-8-23-9-7-20/h2-5H,6-11H2,1H3,(H,21,22). The van der Waals surface area contributed by atoms with Crippen LogP contribution in [-0.2, 0) is 16.1 Å². The number of fused-ring (bicyclic) bond motifs is 1. The summed E-state index contributed by atoms with van der Waals surface area (Å²) >= 11 is 0. The van der Waals surface area contributed by atoms with Crippen molar-refractivity contribution in [3.8, 4) is 0 Å². The van der Waals surface area contributed by atoms with Gasteiger partial charge in [0.25, 0.3) is 0 Å². The molecule has 1 aromatic heterocycles. The van der Waals surface area contributed by atoms with E-state index in [1.807, 2.05) is 24.3 Å². The molecule has 7 heteroatoms. The van der Waals surface area contributed by atoms with E-state index >= 15 is 0 Å². The van der Waals surface area contributed by atoms with Gasteiger partial charge in [-0.05, 0) is 12.1 Å². The summed E-state index contributed by atoms with van der Waals surface area (Å²) in [6.07, 6.45) is 0. The fraction of sp³-hybridized carbons (Fsp3) is 0.438. The van der Waals surface area contributed by atoms with Crippen LogP contribution in [-0.4, -0.2) is 65.8 Å². The first-order valence-electron chi connectivity index (χ1n) is 7.62. The number of carboxylic acid groups (broad SMARTS) is 1. The van der Waals surface area contributed by atoms with Gasteiger partial charge in [-0.15, -0.1) is 0 Å². The molecule has 122 valence electrons. The van der Waals surface area contributed by atoms with E-state index in [2.05, 4.69) is 14.9 Å². The zero-order valence-electron chi connectivity index (χ0n) is 13.1. The van der Waals surface area contributed by atoms with Gasteiger partial charge in [-0.25, -0.2) is 9.97 Å². The largest absolute Gasteiger partial charge is 0.480 e. The number of hydrogen-bond donors (Lipinski definition) is 1. The minimum Gasteiger partial charge on any atom is -0.480 e. The molecule has 7 nitrogen and oxygen atoms in total. The maximum atomic E-state index is 11.0. The smallest absolute Gasteiger partial charge is 0.323 e. The van der Waals surface area contributed by atoms with E-state index in [0.29, 0.717) is 18.2 Å². The minimum atomic E-state index is -0.884. The summed E-state index contributed by atoms with van der Waals surface area (Å²) in [6, 6.07) is 7.68. The summed E-state index contributed by atoms with van der Waals surface area (Å²) in [5.74, 6) is 0.476. The van der Waals surface area contributed by atoms with E-state index in [1.54, 1.807) is 11.9 Å². The first-order chi connectivity index (χ1) is 11.1. The van der Waals surface area contributed by atoms with Crippen LogP contribution in [0.15, 0.2) is 24.3 Å². The van der Waals surface area contributed by atoms with Gasteiger partial charge in [-0.2, -0.15) is 0 Å². The van der Waals surface area contributed by atoms with Gasteiger partial charge >= 0.3 is 5.97 Å². The van der Waals surface area contributed by atoms with Crippen LogP contribution in [0.1, 0.15) is 5.82 Å². The molecule has 1 saturated heterocycles. The molecule has 0 bridgehead atoms. The van der Waals surface area contributed by atoms with E-state index in [-0.39, 0.29) is 6.54 Å². The van der Waals surface area contributed by atoms with Crippen LogP contribution in [0, 0.1) is 0 Å². The van der Waals surface area contributed by atoms with Gasteiger partial charge in [-0.1, -0.05) is 12.1 Å². The summed E-state index contributed by atoms with van der Waals surface area (Å²) in [5.41, 5.74) is 0.831. The van der Waals surface area contributed by atoms with Gasteiger partial charge in [0, 0.05) is 25.5 Å². The molecule has 0 amide bonds. The lowest BCUT2D eigenvalue weighted by Gasteiger charge is -2.26. The van der Waals surface area contributed by atoms with Crippen molar-refractivity contribution >= 4 is 22.7 Å². The van der Waals surface area contributed by atoms with Crippen molar-refractivity contribution in [3.05, 3.63) is 30.1 Å². The number of carbonyl (C=O) groups is 1. The fourth-order valence-electron chi connectivity index (χ4n) is 2.71. The summed E-state index contributed by atoms with van der Waals surface area (Å²) in [4.78, 5) is 24.1. The van der Waals surface area contributed by atoms with Crippen molar-refractivity contribution in [1.82, 2.24) is 14.9 Å². The molecule has 3 rings (SSSR count). The number of ether oxygens (including phenoxy) is 1. The Hall–Kier alpha value is -2.25. The summed E-state index contributed by atoms with van der Waals surface area (Å²) < 4.78 is 5.36. The van der Waals surface area contributed by atoms with Gasteiger partial charge < -0.3 is 14.7 Å². The Labute approximate surface area is 134 Å². The fourth-order valence-corrected chi connectivity index (χ4v) is 2.71. The first kappa shape index (κ1) is 15.6. The van der Waals surface area contributed by atoms with Crippen molar-refractivity contribution in [2.75, 3.05) is 44.8 Å². The molecule has 1 N–H and O–H groups in total. The Morgan fingerprint density at radius 1 is 1.30 bits per heavy atom. The third-order valence-electron chi connectivity index (χ3n) is 3.83. The molecule has 1 fully saturated rings. The molecule has 0 unspecified atom stereocenters. The summed E-state index contributed by atoms with van der Waals surface area (Å²) in [6.45, 7) is 3.70. The van der Waals surface area contributed by atoms with Gasteiger partial charge in [0.1, 0.15) is 18.2 Å². The van der Waals surface area contributed by atoms with E-state index in [1.165, 1.54) is 0 Å². The van der Waals surface area contributed by atoms with Crippen LogP contribution in [0.25, 0.3) is 10.9 Å². The number of anilines is 1. The number of likely N-dealkylation sites (N-methyl/N-ethyl adjacent to an activating group) is 1. The number of para-hydroxylation sites is 1. The lowest BCUT2D eigenvalue weighted by atomic mass is 10.2. The average molecular weight is 316 g/mol. The number of morpholine rings is 1. The van der Waals surface area contributed by atoms with Crippen molar-refractivity contribution in [3.63, 3.8) is 0 Å². The highest BCUT2D eigenvalue weighted by atomic mass is 16.5. The third kappa shape index (κ3) is 3.75. The van der Waals surface area contributed by atoms with Crippen LogP contribution in [0.5, 0.6) is 0 Å². The van der Waals surface area contributed by atoms with Crippen LogP contribution < -0.4 is 4.90 Å². The number of benzene rings is 1. The van der Waals surface area contributed by atoms with Gasteiger partial charge in [0.2, 0.25) is 0 Å². The lowest BCUT2D eigenvalue weighted by Crippen LogP contribution is -2.36. The topological polar surface area (TPSA) is 78.8 Å². The Kier molecular flexibility index (Phi) is 4.68. The molecule has 0 aliphatic carbocycles. The minimum absolute atomic E-state index is 0.0992. The van der Waals surface area contributed by atoms with Crippen LogP contribution in [0.2, 0.25) is 0 Å². The number of nitrogens with zero attached hydrogens (tertiary/aromatic N) is 4. The van der Waals surface area contributed by atoms with Crippen molar-refractivity contribution < 1.29 is 14.6 Å². The van der Waals surface area contributed by atoms with E-state index < -0.39 is 5.97 Å².